The zero-order valence-corrected chi connectivity index (χ0v) is 12.2. The van der Waals surface area contributed by atoms with Gasteiger partial charge in [-0.15, -0.1) is 0 Å². The van der Waals surface area contributed by atoms with Gasteiger partial charge in [-0.2, -0.15) is 15.1 Å². The maximum Gasteiger partial charge on any atom is 0.226 e. The van der Waals surface area contributed by atoms with Crippen molar-refractivity contribution in [2.75, 3.05) is 37.3 Å². The van der Waals surface area contributed by atoms with Gasteiger partial charge < -0.3 is 21.1 Å². The molecule has 3 rings (SSSR count). The first kappa shape index (κ1) is 14.0. The molecule has 1 aliphatic rings. The molecule has 0 spiro atoms. The minimum atomic E-state index is 0.217. The Morgan fingerprint density at radius 3 is 2.86 bits per heavy atom. The number of aryl methyl sites for hydroxylation is 1. The van der Waals surface area contributed by atoms with Crippen molar-refractivity contribution < 1.29 is 5.11 Å². The van der Waals surface area contributed by atoms with Crippen LogP contribution in [0.5, 0.6) is 0 Å². The number of nitrogens with two attached hydrogens (primary N) is 1. The van der Waals surface area contributed by atoms with Gasteiger partial charge >= 0.3 is 0 Å². The minimum absolute atomic E-state index is 0.217. The van der Waals surface area contributed by atoms with Crippen LogP contribution in [0.4, 0.5) is 11.8 Å². The standard InChI is InChI=1S/C13H21N7O/c1-19-12-10(8-15-19)11(14)17-13(18-12)16-9-2-4-20(5-3-9)6-7-21/h8-9,21H,2-7H2,1H3,(H3,14,16,17,18). The highest BCUT2D eigenvalue weighted by Crippen LogP contribution is 2.20. The molecule has 0 amide bonds. The number of β-amino-alcohol motifs (C(OH)–C–C–N with tert-alkyl or cyclic N) is 1. The van der Waals surface area contributed by atoms with Gasteiger partial charge in [-0.3, -0.25) is 4.68 Å². The Kier molecular flexibility index (Phi) is 3.89. The van der Waals surface area contributed by atoms with Crippen LogP contribution in [0, 0.1) is 0 Å². The van der Waals surface area contributed by atoms with Crippen molar-refractivity contribution in [1.82, 2.24) is 24.6 Å². The van der Waals surface area contributed by atoms with E-state index in [4.69, 9.17) is 10.8 Å². The SMILES string of the molecule is Cn1ncc2c(N)nc(NC3CCN(CCO)CC3)nc21. The van der Waals surface area contributed by atoms with Crippen molar-refractivity contribution in [3.05, 3.63) is 6.20 Å². The second kappa shape index (κ2) is 5.82. The number of aliphatic hydroxyl groups is 1. The molecule has 2 aromatic heterocycles. The number of fused-ring (bicyclic) bond motifs is 1. The molecule has 0 atom stereocenters. The normalized spacial score (nSPS) is 17.4. The molecule has 0 aliphatic carbocycles. The van der Waals surface area contributed by atoms with Crippen LogP contribution in [0.15, 0.2) is 6.20 Å². The predicted molar refractivity (Wildman–Crippen MR) is 80.9 cm³/mol. The average Bonchev–Trinajstić information content (AvgIpc) is 2.84. The summed E-state index contributed by atoms with van der Waals surface area (Å²) in [4.78, 5) is 11.1. The van der Waals surface area contributed by atoms with Crippen molar-refractivity contribution in [3.63, 3.8) is 0 Å². The van der Waals surface area contributed by atoms with Gasteiger partial charge in [0.2, 0.25) is 5.95 Å². The Morgan fingerprint density at radius 2 is 2.14 bits per heavy atom. The first-order valence-electron chi connectivity index (χ1n) is 7.22. The summed E-state index contributed by atoms with van der Waals surface area (Å²) >= 11 is 0. The fourth-order valence-corrected chi connectivity index (χ4v) is 2.73. The van der Waals surface area contributed by atoms with Gasteiger partial charge in [-0.1, -0.05) is 0 Å². The van der Waals surface area contributed by atoms with Crippen molar-refractivity contribution >= 4 is 22.8 Å². The molecule has 1 saturated heterocycles. The van der Waals surface area contributed by atoms with E-state index in [9.17, 15) is 0 Å². The highest BCUT2D eigenvalue weighted by molar-refractivity contribution is 5.86. The third kappa shape index (κ3) is 2.91. The van der Waals surface area contributed by atoms with E-state index in [0.29, 0.717) is 17.8 Å². The maximum atomic E-state index is 8.96. The molecule has 0 bridgehead atoms. The Balaban J connectivity index is 1.69. The van der Waals surface area contributed by atoms with Crippen LogP contribution < -0.4 is 11.1 Å². The van der Waals surface area contributed by atoms with Gasteiger partial charge in [0.1, 0.15) is 5.82 Å². The lowest BCUT2D eigenvalue weighted by Crippen LogP contribution is -2.40. The highest BCUT2D eigenvalue weighted by atomic mass is 16.3. The Labute approximate surface area is 123 Å². The number of likely N-dealkylation sites (tertiary alicyclic amines) is 1. The molecule has 0 unspecified atom stereocenters. The Morgan fingerprint density at radius 1 is 1.38 bits per heavy atom. The molecule has 0 saturated carbocycles. The quantitative estimate of drug-likeness (QED) is 0.717. The van der Waals surface area contributed by atoms with Crippen LogP contribution in [-0.2, 0) is 7.05 Å². The topological polar surface area (TPSA) is 105 Å². The van der Waals surface area contributed by atoms with Gasteiger partial charge in [0.05, 0.1) is 18.2 Å². The van der Waals surface area contributed by atoms with E-state index in [0.717, 1.165) is 43.5 Å². The Bertz CT molecular complexity index is 618. The van der Waals surface area contributed by atoms with Crippen LogP contribution in [0.25, 0.3) is 11.0 Å². The number of anilines is 2. The zero-order chi connectivity index (χ0) is 14.8. The van der Waals surface area contributed by atoms with Crippen LogP contribution >= 0.6 is 0 Å². The van der Waals surface area contributed by atoms with E-state index < -0.39 is 0 Å². The lowest BCUT2D eigenvalue weighted by atomic mass is 10.1. The highest BCUT2D eigenvalue weighted by Gasteiger charge is 2.20. The lowest BCUT2D eigenvalue weighted by molar-refractivity contribution is 0.168. The predicted octanol–water partition coefficient (Wildman–Crippen LogP) is -0.186. The van der Waals surface area contributed by atoms with E-state index in [1.54, 1.807) is 10.9 Å². The fourth-order valence-electron chi connectivity index (χ4n) is 2.73. The number of aromatic nitrogens is 4. The van der Waals surface area contributed by atoms with Crippen LogP contribution in [-0.4, -0.2) is 62.0 Å². The first-order valence-corrected chi connectivity index (χ1v) is 7.22. The van der Waals surface area contributed by atoms with E-state index in [1.807, 2.05) is 7.05 Å². The largest absolute Gasteiger partial charge is 0.395 e. The third-order valence-electron chi connectivity index (χ3n) is 3.96. The molecule has 3 heterocycles. The molecule has 4 N–H and O–H groups in total. The smallest absolute Gasteiger partial charge is 0.226 e. The number of hydrogen-bond donors (Lipinski definition) is 3. The van der Waals surface area contributed by atoms with Gasteiger partial charge in [0.15, 0.2) is 5.65 Å². The van der Waals surface area contributed by atoms with Crippen molar-refractivity contribution in [2.45, 2.75) is 18.9 Å². The van der Waals surface area contributed by atoms with Gasteiger partial charge in [-0.25, -0.2) is 0 Å². The summed E-state index contributed by atoms with van der Waals surface area (Å²) in [6.45, 7) is 2.91. The molecular weight excluding hydrogens is 270 g/mol. The molecule has 8 nitrogen and oxygen atoms in total. The monoisotopic (exact) mass is 291 g/mol. The summed E-state index contributed by atoms with van der Waals surface area (Å²) in [5.41, 5.74) is 6.70. The van der Waals surface area contributed by atoms with Crippen LogP contribution in [0.2, 0.25) is 0 Å². The molecule has 114 valence electrons. The van der Waals surface area contributed by atoms with E-state index >= 15 is 0 Å². The zero-order valence-electron chi connectivity index (χ0n) is 12.2. The van der Waals surface area contributed by atoms with Gasteiger partial charge in [-0.05, 0) is 12.8 Å². The number of nitrogens with one attached hydrogen (secondary N) is 1. The van der Waals surface area contributed by atoms with Crippen LogP contribution in [0.1, 0.15) is 12.8 Å². The number of nitrogen functional groups attached to an aromatic ring is 1. The number of hydrogen-bond acceptors (Lipinski definition) is 7. The molecule has 0 radical (unpaired) electrons. The molecular formula is C13H21N7O. The van der Waals surface area contributed by atoms with Crippen molar-refractivity contribution in [2.24, 2.45) is 7.05 Å². The molecule has 8 heteroatoms. The molecule has 2 aromatic rings. The summed E-state index contributed by atoms with van der Waals surface area (Å²) in [5, 5.41) is 17.2. The van der Waals surface area contributed by atoms with Crippen LogP contribution in [0.3, 0.4) is 0 Å². The third-order valence-corrected chi connectivity index (χ3v) is 3.96. The fraction of sp³-hybridized carbons (Fsp3) is 0.615. The number of piperidine rings is 1. The van der Waals surface area contributed by atoms with E-state index in [-0.39, 0.29) is 6.61 Å². The molecule has 0 aromatic carbocycles. The minimum Gasteiger partial charge on any atom is -0.395 e. The average molecular weight is 291 g/mol. The Hall–Kier alpha value is -1.93. The second-order valence-electron chi connectivity index (χ2n) is 5.42. The van der Waals surface area contributed by atoms with Crippen molar-refractivity contribution in [3.8, 4) is 0 Å². The summed E-state index contributed by atoms with van der Waals surface area (Å²) in [6, 6.07) is 0.338. The number of rotatable bonds is 4. The van der Waals surface area contributed by atoms with Gasteiger partial charge in [0, 0.05) is 32.7 Å². The lowest BCUT2D eigenvalue weighted by Gasteiger charge is -2.31. The summed E-state index contributed by atoms with van der Waals surface area (Å²) in [5.74, 6) is 1.01. The summed E-state index contributed by atoms with van der Waals surface area (Å²) < 4.78 is 1.70. The number of nitrogens with zero attached hydrogens (tertiary/aromatic N) is 5. The van der Waals surface area contributed by atoms with E-state index in [2.05, 4.69) is 25.3 Å². The molecule has 1 aliphatic heterocycles. The summed E-state index contributed by atoms with van der Waals surface area (Å²) in [6.07, 6.45) is 3.70. The first-order chi connectivity index (χ1) is 10.2. The second-order valence-corrected chi connectivity index (χ2v) is 5.42. The van der Waals surface area contributed by atoms with Crippen molar-refractivity contribution in [1.29, 1.82) is 0 Å². The molecule has 1 fully saturated rings. The maximum absolute atomic E-state index is 8.96. The molecule has 21 heavy (non-hydrogen) atoms. The number of aliphatic hydroxyl groups excluding tert-OH is 1. The van der Waals surface area contributed by atoms with E-state index in [1.165, 1.54) is 0 Å². The van der Waals surface area contributed by atoms with Gasteiger partial charge in [0.25, 0.3) is 0 Å². The summed E-state index contributed by atoms with van der Waals surface area (Å²) in [7, 11) is 1.84.